The third-order valence-corrected chi connectivity index (χ3v) is 3.97. The van der Waals surface area contributed by atoms with Crippen molar-refractivity contribution in [2.45, 2.75) is 6.42 Å². The van der Waals surface area contributed by atoms with E-state index in [4.69, 9.17) is 9.84 Å². The highest BCUT2D eigenvalue weighted by molar-refractivity contribution is 6.02. The van der Waals surface area contributed by atoms with Gasteiger partial charge in [0.2, 0.25) is 0 Å². The average molecular weight is 275 g/mol. The summed E-state index contributed by atoms with van der Waals surface area (Å²) in [6.45, 7) is 3.17. The summed E-state index contributed by atoms with van der Waals surface area (Å²) < 4.78 is 5.31. The first-order chi connectivity index (χ1) is 9.66. The van der Waals surface area contributed by atoms with Crippen molar-refractivity contribution in [3.05, 3.63) is 29.8 Å². The average Bonchev–Trinajstić information content (AvgIpc) is 3.28. The number of carbonyl (C=O) groups excluding carboxylic acids is 1. The Morgan fingerprint density at radius 2 is 1.75 bits per heavy atom. The highest BCUT2D eigenvalue weighted by Gasteiger charge is 2.48. The number of aliphatic carboxylic acids is 1. The number of morpholine rings is 1. The Labute approximate surface area is 117 Å². The van der Waals surface area contributed by atoms with Crippen LogP contribution in [0.15, 0.2) is 24.3 Å². The lowest BCUT2D eigenvalue weighted by Crippen LogP contribution is -2.36. The molecule has 5 heteroatoms. The second-order valence-electron chi connectivity index (χ2n) is 5.30. The van der Waals surface area contributed by atoms with Gasteiger partial charge in [0.25, 0.3) is 0 Å². The summed E-state index contributed by atoms with van der Waals surface area (Å²) in [4.78, 5) is 25.1. The fourth-order valence-corrected chi connectivity index (χ4v) is 2.63. The molecule has 20 heavy (non-hydrogen) atoms. The number of ether oxygens (including phenoxy) is 1. The van der Waals surface area contributed by atoms with E-state index in [1.807, 2.05) is 12.1 Å². The predicted molar refractivity (Wildman–Crippen MR) is 73.0 cm³/mol. The van der Waals surface area contributed by atoms with Crippen molar-refractivity contribution in [3.63, 3.8) is 0 Å². The molecule has 2 atom stereocenters. The van der Waals surface area contributed by atoms with Crippen LogP contribution in [-0.2, 0) is 9.53 Å². The fraction of sp³-hybridized carbons (Fsp3) is 0.467. The van der Waals surface area contributed by atoms with Crippen LogP contribution in [0.1, 0.15) is 16.8 Å². The monoisotopic (exact) mass is 275 g/mol. The van der Waals surface area contributed by atoms with Gasteiger partial charge in [-0.3, -0.25) is 9.59 Å². The van der Waals surface area contributed by atoms with E-state index in [0.29, 0.717) is 12.0 Å². The largest absolute Gasteiger partial charge is 0.481 e. The third-order valence-electron chi connectivity index (χ3n) is 3.97. The standard InChI is InChI=1S/C15H17NO4/c17-14(12-9-13(12)15(18)19)10-1-3-11(4-2-10)16-5-7-20-8-6-16/h1-4,12-13H,5-9H2,(H,18,19)/t12-,13+/m0/s1. The minimum Gasteiger partial charge on any atom is -0.481 e. The van der Waals surface area contributed by atoms with E-state index in [2.05, 4.69) is 4.90 Å². The van der Waals surface area contributed by atoms with E-state index >= 15 is 0 Å². The molecule has 1 saturated carbocycles. The van der Waals surface area contributed by atoms with Gasteiger partial charge in [0.1, 0.15) is 0 Å². The molecule has 1 saturated heterocycles. The van der Waals surface area contributed by atoms with Gasteiger partial charge < -0.3 is 14.7 Å². The van der Waals surface area contributed by atoms with Crippen LogP contribution in [-0.4, -0.2) is 43.2 Å². The van der Waals surface area contributed by atoms with Crippen LogP contribution in [0.4, 0.5) is 5.69 Å². The molecule has 0 unspecified atom stereocenters. The molecular weight excluding hydrogens is 258 g/mol. The fourth-order valence-electron chi connectivity index (χ4n) is 2.63. The van der Waals surface area contributed by atoms with E-state index in [9.17, 15) is 9.59 Å². The maximum Gasteiger partial charge on any atom is 0.307 e. The van der Waals surface area contributed by atoms with E-state index in [0.717, 1.165) is 32.0 Å². The maximum absolute atomic E-state index is 12.1. The number of rotatable bonds is 4. The van der Waals surface area contributed by atoms with Crippen molar-refractivity contribution in [2.75, 3.05) is 31.2 Å². The highest BCUT2D eigenvalue weighted by atomic mass is 16.5. The zero-order chi connectivity index (χ0) is 14.1. The van der Waals surface area contributed by atoms with Crippen LogP contribution in [0.5, 0.6) is 0 Å². The molecule has 1 heterocycles. The lowest BCUT2D eigenvalue weighted by Gasteiger charge is -2.28. The van der Waals surface area contributed by atoms with Crippen LogP contribution in [0, 0.1) is 11.8 Å². The molecule has 106 valence electrons. The number of hydrogen-bond donors (Lipinski definition) is 1. The normalized spacial score (nSPS) is 25.3. The number of benzene rings is 1. The van der Waals surface area contributed by atoms with Gasteiger partial charge in [-0.25, -0.2) is 0 Å². The Bertz CT molecular complexity index is 519. The zero-order valence-electron chi connectivity index (χ0n) is 11.1. The SMILES string of the molecule is O=C(c1ccc(N2CCOCC2)cc1)[C@H]1C[C@H]1C(=O)O. The van der Waals surface area contributed by atoms with Crippen molar-refractivity contribution in [1.29, 1.82) is 0 Å². The van der Waals surface area contributed by atoms with E-state index in [1.54, 1.807) is 12.1 Å². The minimum atomic E-state index is -0.867. The number of carbonyl (C=O) groups is 2. The summed E-state index contributed by atoms with van der Waals surface area (Å²) in [6.07, 6.45) is 0.472. The van der Waals surface area contributed by atoms with Crippen molar-refractivity contribution in [3.8, 4) is 0 Å². The van der Waals surface area contributed by atoms with E-state index < -0.39 is 11.9 Å². The van der Waals surface area contributed by atoms with Crippen molar-refractivity contribution in [1.82, 2.24) is 0 Å². The number of ketones is 1. The minimum absolute atomic E-state index is 0.0501. The molecule has 0 aromatic heterocycles. The number of Topliss-reactive ketones (excluding diaryl/α,β-unsaturated/α-hetero) is 1. The number of anilines is 1. The second-order valence-corrected chi connectivity index (χ2v) is 5.30. The maximum atomic E-state index is 12.1. The Hall–Kier alpha value is -1.88. The summed E-state index contributed by atoms with van der Waals surface area (Å²) >= 11 is 0. The van der Waals surface area contributed by atoms with Crippen LogP contribution in [0.3, 0.4) is 0 Å². The molecule has 0 amide bonds. The molecule has 0 radical (unpaired) electrons. The van der Waals surface area contributed by atoms with Gasteiger partial charge in [0.05, 0.1) is 19.1 Å². The van der Waals surface area contributed by atoms with Gasteiger partial charge in [-0.2, -0.15) is 0 Å². The molecule has 0 bridgehead atoms. The van der Waals surface area contributed by atoms with Crippen LogP contribution in [0.25, 0.3) is 0 Å². The van der Waals surface area contributed by atoms with Gasteiger partial charge >= 0.3 is 5.97 Å². The Morgan fingerprint density at radius 1 is 1.10 bits per heavy atom. The van der Waals surface area contributed by atoms with Gasteiger partial charge in [0.15, 0.2) is 5.78 Å². The van der Waals surface area contributed by atoms with Crippen molar-refractivity contribution < 1.29 is 19.4 Å². The summed E-state index contributed by atoms with van der Waals surface area (Å²) in [7, 11) is 0. The molecule has 1 aromatic rings. The smallest absolute Gasteiger partial charge is 0.307 e. The molecule has 2 fully saturated rings. The number of nitrogens with zero attached hydrogens (tertiary/aromatic N) is 1. The first-order valence-corrected chi connectivity index (χ1v) is 6.86. The summed E-state index contributed by atoms with van der Waals surface area (Å²) in [6, 6.07) is 7.45. The molecule has 1 aliphatic carbocycles. The topological polar surface area (TPSA) is 66.8 Å². The molecule has 3 rings (SSSR count). The zero-order valence-corrected chi connectivity index (χ0v) is 11.1. The molecular formula is C15H17NO4. The van der Waals surface area contributed by atoms with Crippen LogP contribution < -0.4 is 4.90 Å². The number of carboxylic acids is 1. The summed E-state index contributed by atoms with van der Waals surface area (Å²) in [5.41, 5.74) is 1.69. The van der Waals surface area contributed by atoms with Crippen molar-refractivity contribution >= 4 is 17.4 Å². The van der Waals surface area contributed by atoms with Crippen LogP contribution >= 0.6 is 0 Å². The Balaban J connectivity index is 1.67. The lowest BCUT2D eigenvalue weighted by atomic mass is 10.1. The van der Waals surface area contributed by atoms with Gasteiger partial charge in [-0.15, -0.1) is 0 Å². The molecule has 1 aliphatic heterocycles. The lowest BCUT2D eigenvalue weighted by molar-refractivity contribution is -0.138. The summed E-state index contributed by atoms with van der Waals surface area (Å²) in [5.74, 6) is -1.73. The molecule has 1 aromatic carbocycles. The first-order valence-electron chi connectivity index (χ1n) is 6.86. The van der Waals surface area contributed by atoms with Crippen molar-refractivity contribution in [2.24, 2.45) is 11.8 Å². The number of hydrogen-bond acceptors (Lipinski definition) is 4. The quantitative estimate of drug-likeness (QED) is 0.842. The first kappa shape index (κ1) is 13.1. The van der Waals surface area contributed by atoms with Gasteiger partial charge in [0, 0.05) is 30.3 Å². The molecule has 5 nitrogen and oxygen atoms in total. The molecule has 1 N–H and O–H groups in total. The summed E-state index contributed by atoms with van der Waals surface area (Å²) in [5, 5.41) is 8.86. The van der Waals surface area contributed by atoms with Gasteiger partial charge in [-0.1, -0.05) is 0 Å². The predicted octanol–water partition coefficient (Wildman–Crippen LogP) is 1.43. The Morgan fingerprint density at radius 3 is 2.30 bits per heavy atom. The molecule has 2 aliphatic rings. The second kappa shape index (κ2) is 5.25. The number of carboxylic acid groups (broad SMARTS) is 1. The van der Waals surface area contributed by atoms with E-state index in [1.165, 1.54) is 0 Å². The molecule has 0 spiro atoms. The van der Waals surface area contributed by atoms with Crippen LogP contribution in [0.2, 0.25) is 0 Å². The van der Waals surface area contributed by atoms with Gasteiger partial charge in [-0.05, 0) is 30.7 Å². The third kappa shape index (κ3) is 2.54. The highest BCUT2D eigenvalue weighted by Crippen LogP contribution is 2.41. The van der Waals surface area contributed by atoms with E-state index in [-0.39, 0.29) is 11.7 Å². The Kier molecular flexibility index (Phi) is 3.44.